The maximum atomic E-state index is 13.0. The van der Waals surface area contributed by atoms with E-state index < -0.39 is 23.6 Å². The molecule has 1 aromatic heterocycles. The number of carbonyl (C=O) groups excluding carboxylic acids is 2. The minimum atomic E-state index is -1.07. The van der Waals surface area contributed by atoms with Gasteiger partial charge in [-0.3, -0.25) is 14.5 Å². The van der Waals surface area contributed by atoms with Crippen LogP contribution in [0.2, 0.25) is 0 Å². The van der Waals surface area contributed by atoms with Gasteiger partial charge in [-0.15, -0.1) is 0 Å². The van der Waals surface area contributed by atoms with E-state index >= 15 is 0 Å². The van der Waals surface area contributed by atoms with Crippen molar-refractivity contribution in [2.75, 3.05) is 18.1 Å². The highest BCUT2D eigenvalue weighted by molar-refractivity contribution is 6.03. The molecular weight excluding hydrogens is 253 g/mol. The van der Waals surface area contributed by atoms with Gasteiger partial charge in [0.05, 0.1) is 25.3 Å². The van der Waals surface area contributed by atoms with E-state index in [9.17, 15) is 14.0 Å². The highest BCUT2D eigenvalue weighted by atomic mass is 19.1. The summed E-state index contributed by atoms with van der Waals surface area (Å²) < 4.78 is 19.4. The molecule has 7 heteroatoms. The molecule has 0 aromatic carbocycles. The highest BCUT2D eigenvalue weighted by Gasteiger charge is 2.34. The summed E-state index contributed by atoms with van der Waals surface area (Å²) in [6, 6.07) is 1.59. The van der Waals surface area contributed by atoms with Gasteiger partial charge >= 0.3 is 5.97 Å². The minimum Gasteiger partial charge on any atom is -0.466 e. The van der Waals surface area contributed by atoms with E-state index in [1.807, 2.05) is 0 Å². The Morgan fingerprint density at radius 3 is 2.95 bits per heavy atom. The quantitative estimate of drug-likeness (QED) is 0.602. The van der Waals surface area contributed by atoms with Crippen molar-refractivity contribution in [1.29, 1.82) is 0 Å². The summed E-state index contributed by atoms with van der Waals surface area (Å²) in [5.41, 5.74) is 0. The lowest BCUT2D eigenvalue weighted by molar-refractivity contribution is -0.148. The Morgan fingerprint density at radius 1 is 1.58 bits per heavy atom. The Hall–Kier alpha value is -2.18. The molecule has 1 aliphatic rings. The van der Waals surface area contributed by atoms with Crippen LogP contribution in [0.3, 0.4) is 0 Å². The first-order valence-electron chi connectivity index (χ1n) is 5.89. The average molecular weight is 267 g/mol. The minimum absolute atomic E-state index is 0.0618. The Labute approximate surface area is 109 Å². The van der Waals surface area contributed by atoms with Crippen molar-refractivity contribution in [2.24, 2.45) is 5.92 Å². The molecule has 0 bridgehead atoms. The van der Waals surface area contributed by atoms with Crippen LogP contribution in [0.5, 0.6) is 0 Å². The van der Waals surface area contributed by atoms with Crippen LogP contribution in [0, 0.1) is 5.92 Å². The first-order valence-corrected chi connectivity index (χ1v) is 5.89. The molecule has 0 saturated heterocycles. The first-order chi connectivity index (χ1) is 9.04. The monoisotopic (exact) mass is 267 g/mol. The Kier molecular flexibility index (Phi) is 3.64. The molecule has 0 radical (unpaired) electrons. The van der Waals surface area contributed by atoms with Gasteiger partial charge < -0.3 is 4.74 Å². The van der Waals surface area contributed by atoms with Crippen molar-refractivity contribution < 1.29 is 18.7 Å². The number of rotatable bonds is 3. The third kappa shape index (κ3) is 2.49. The van der Waals surface area contributed by atoms with Gasteiger partial charge in [0.2, 0.25) is 0 Å². The lowest BCUT2D eigenvalue weighted by Gasteiger charge is -2.31. The van der Waals surface area contributed by atoms with Gasteiger partial charge in [-0.05, 0) is 6.92 Å². The third-order valence-corrected chi connectivity index (χ3v) is 2.86. The van der Waals surface area contributed by atoms with Crippen molar-refractivity contribution in [3.05, 3.63) is 24.7 Å². The second-order valence-corrected chi connectivity index (χ2v) is 4.14. The second kappa shape index (κ2) is 5.21. The molecular formula is C12H14FN3O3. The van der Waals surface area contributed by atoms with Crippen LogP contribution in [0.25, 0.3) is 0 Å². The number of amides is 1. The van der Waals surface area contributed by atoms with Crippen LogP contribution in [0.4, 0.5) is 10.2 Å². The van der Waals surface area contributed by atoms with E-state index in [0.29, 0.717) is 12.4 Å². The van der Waals surface area contributed by atoms with Crippen LogP contribution >= 0.6 is 0 Å². The molecule has 1 atom stereocenters. The maximum Gasteiger partial charge on any atom is 0.312 e. The van der Waals surface area contributed by atoms with Gasteiger partial charge in [0.25, 0.3) is 5.91 Å². The van der Waals surface area contributed by atoms with Crippen molar-refractivity contribution in [2.45, 2.75) is 13.5 Å². The number of hydrogen-bond acceptors (Lipinski definition) is 4. The number of fused-ring (bicyclic) bond motifs is 1. The summed E-state index contributed by atoms with van der Waals surface area (Å²) in [6.45, 7) is 5.32. The molecule has 2 rings (SSSR count). The largest absolute Gasteiger partial charge is 0.466 e. The molecule has 6 nitrogen and oxygen atoms in total. The smallest absolute Gasteiger partial charge is 0.312 e. The fraction of sp³-hybridized carbons (Fsp3) is 0.417. The topological polar surface area (TPSA) is 64.4 Å². The van der Waals surface area contributed by atoms with Crippen molar-refractivity contribution in [3.8, 4) is 0 Å². The Balaban J connectivity index is 2.27. The summed E-state index contributed by atoms with van der Waals surface area (Å²) in [7, 11) is 0. The van der Waals surface area contributed by atoms with Crippen LogP contribution < -0.4 is 4.90 Å². The van der Waals surface area contributed by atoms with E-state index in [0.717, 1.165) is 4.90 Å². The van der Waals surface area contributed by atoms with Gasteiger partial charge in [0.1, 0.15) is 5.82 Å². The number of aromatic nitrogens is 2. The maximum absolute atomic E-state index is 13.0. The van der Waals surface area contributed by atoms with Crippen molar-refractivity contribution in [3.63, 3.8) is 0 Å². The summed E-state index contributed by atoms with van der Waals surface area (Å²) in [5.74, 6) is -2.47. The van der Waals surface area contributed by atoms with Crippen LogP contribution in [-0.2, 0) is 20.9 Å². The second-order valence-electron chi connectivity index (χ2n) is 4.14. The number of nitrogens with zero attached hydrogens (tertiary/aromatic N) is 3. The summed E-state index contributed by atoms with van der Waals surface area (Å²) in [5, 5.41) is 4.00. The van der Waals surface area contributed by atoms with Gasteiger partial charge in [-0.25, -0.2) is 9.07 Å². The molecule has 1 unspecified atom stereocenters. The van der Waals surface area contributed by atoms with Gasteiger partial charge in [0, 0.05) is 12.6 Å². The SMILES string of the molecule is C=C(F)C(=O)N1CC(C(=O)OCC)Cn2nccc21. The molecule has 1 aliphatic heterocycles. The third-order valence-electron chi connectivity index (χ3n) is 2.86. The summed E-state index contributed by atoms with van der Waals surface area (Å²) in [4.78, 5) is 24.6. The molecule has 0 spiro atoms. The molecule has 0 saturated carbocycles. The molecule has 0 aliphatic carbocycles. The predicted molar refractivity (Wildman–Crippen MR) is 65.0 cm³/mol. The van der Waals surface area contributed by atoms with Crippen molar-refractivity contribution in [1.82, 2.24) is 9.78 Å². The van der Waals surface area contributed by atoms with E-state index in [2.05, 4.69) is 11.7 Å². The molecule has 1 amide bonds. The number of hydrogen-bond donors (Lipinski definition) is 0. The number of carbonyl (C=O) groups is 2. The first kappa shape index (κ1) is 13.3. The van der Waals surface area contributed by atoms with Crippen LogP contribution in [-0.4, -0.2) is 34.8 Å². The molecule has 1 aromatic rings. The normalized spacial score (nSPS) is 17.8. The summed E-state index contributed by atoms with van der Waals surface area (Å²) in [6.07, 6.45) is 1.49. The fourth-order valence-corrected chi connectivity index (χ4v) is 2.02. The molecule has 102 valence electrons. The summed E-state index contributed by atoms with van der Waals surface area (Å²) >= 11 is 0. The lowest BCUT2D eigenvalue weighted by atomic mass is 10.1. The van der Waals surface area contributed by atoms with E-state index in [1.165, 1.54) is 10.9 Å². The molecule has 0 N–H and O–H groups in total. The zero-order chi connectivity index (χ0) is 14.0. The van der Waals surface area contributed by atoms with E-state index in [4.69, 9.17) is 4.74 Å². The predicted octanol–water partition coefficient (Wildman–Crippen LogP) is 0.892. The number of anilines is 1. The zero-order valence-corrected chi connectivity index (χ0v) is 10.5. The Morgan fingerprint density at radius 2 is 2.32 bits per heavy atom. The Bertz CT molecular complexity index is 526. The van der Waals surface area contributed by atoms with E-state index in [1.54, 1.807) is 13.0 Å². The standard InChI is InChI=1S/C12H14FN3O3/c1-3-19-12(18)9-6-15(11(17)8(2)13)10-4-5-14-16(10)7-9/h4-5,9H,2-3,6-7H2,1H3. The van der Waals surface area contributed by atoms with Gasteiger partial charge in [0.15, 0.2) is 5.83 Å². The number of ether oxygens (including phenoxy) is 1. The fourth-order valence-electron chi connectivity index (χ4n) is 2.02. The van der Waals surface area contributed by atoms with Gasteiger partial charge in [-0.1, -0.05) is 6.58 Å². The van der Waals surface area contributed by atoms with Gasteiger partial charge in [-0.2, -0.15) is 5.10 Å². The zero-order valence-electron chi connectivity index (χ0n) is 10.5. The number of esters is 1. The average Bonchev–Trinajstić information content (AvgIpc) is 2.84. The number of halogens is 1. The molecule has 2 heterocycles. The lowest BCUT2D eigenvalue weighted by Crippen LogP contribution is -2.45. The highest BCUT2D eigenvalue weighted by Crippen LogP contribution is 2.25. The van der Waals surface area contributed by atoms with E-state index in [-0.39, 0.29) is 13.2 Å². The van der Waals surface area contributed by atoms with Crippen LogP contribution in [0.15, 0.2) is 24.7 Å². The molecule has 19 heavy (non-hydrogen) atoms. The molecule has 0 fully saturated rings. The van der Waals surface area contributed by atoms with Crippen LogP contribution in [0.1, 0.15) is 6.92 Å². The van der Waals surface area contributed by atoms with Crippen molar-refractivity contribution >= 4 is 17.7 Å².